The Hall–Kier alpha value is -0.930. The minimum Gasteiger partial charge on any atom is -0.376 e. The summed E-state index contributed by atoms with van der Waals surface area (Å²) in [4.78, 5) is 0. The maximum atomic E-state index is 13.4. The van der Waals surface area contributed by atoms with Crippen LogP contribution in [0.3, 0.4) is 0 Å². The van der Waals surface area contributed by atoms with Gasteiger partial charge in [0.1, 0.15) is 5.82 Å². The average molecular weight is 249 g/mol. The van der Waals surface area contributed by atoms with E-state index in [1.807, 2.05) is 12.1 Å². The number of rotatable bonds is 4. The number of halogens is 1. The zero-order chi connectivity index (χ0) is 12.5. The fourth-order valence-electron chi connectivity index (χ4n) is 2.71. The van der Waals surface area contributed by atoms with Crippen molar-refractivity contribution in [2.24, 2.45) is 5.92 Å². The third kappa shape index (κ3) is 2.57. The van der Waals surface area contributed by atoms with Crippen molar-refractivity contribution >= 4 is 0 Å². The number of aryl methyl sites for hydroxylation is 1. The van der Waals surface area contributed by atoms with Crippen molar-refractivity contribution in [2.45, 2.75) is 44.9 Å². The lowest BCUT2D eigenvalue weighted by Crippen LogP contribution is -2.37. The van der Waals surface area contributed by atoms with Crippen molar-refractivity contribution in [3.63, 3.8) is 0 Å². The molecular weight excluding hydrogens is 229 g/mol. The molecular formula is C15H20FNO. The summed E-state index contributed by atoms with van der Waals surface area (Å²) in [5, 5.41) is 3.52. The van der Waals surface area contributed by atoms with Crippen LogP contribution in [-0.2, 0) is 11.3 Å². The van der Waals surface area contributed by atoms with Crippen LogP contribution in [0.2, 0.25) is 0 Å². The summed E-state index contributed by atoms with van der Waals surface area (Å²) in [7, 11) is 0. The second-order valence-corrected chi connectivity index (χ2v) is 5.53. The van der Waals surface area contributed by atoms with Crippen LogP contribution in [-0.4, -0.2) is 18.8 Å². The van der Waals surface area contributed by atoms with E-state index in [4.69, 9.17) is 4.74 Å². The smallest absolute Gasteiger partial charge is 0.126 e. The van der Waals surface area contributed by atoms with E-state index in [2.05, 4.69) is 5.32 Å². The number of ether oxygens (including phenoxy) is 1. The number of hydrogen-bond acceptors (Lipinski definition) is 2. The molecule has 0 spiro atoms. The summed E-state index contributed by atoms with van der Waals surface area (Å²) in [6.07, 6.45) is 4.08. The first kappa shape index (κ1) is 12.1. The lowest BCUT2D eigenvalue weighted by atomic mass is 10.1. The SMILES string of the molecule is Cc1ccc(CNC2CCOC2C2CC2)cc1F. The lowest BCUT2D eigenvalue weighted by molar-refractivity contribution is 0.0809. The van der Waals surface area contributed by atoms with Gasteiger partial charge in [0.15, 0.2) is 0 Å². The molecule has 0 radical (unpaired) electrons. The molecule has 98 valence electrons. The molecule has 0 amide bonds. The fourth-order valence-corrected chi connectivity index (χ4v) is 2.71. The van der Waals surface area contributed by atoms with Crippen molar-refractivity contribution in [1.29, 1.82) is 0 Å². The van der Waals surface area contributed by atoms with Crippen LogP contribution in [0.25, 0.3) is 0 Å². The molecule has 2 aliphatic rings. The maximum Gasteiger partial charge on any atom is 0.126 e. The van der Waals surface area contributed by atoms with E-state index in [1.165, 1.54) is 12.8 Å². The van der Waals surface area contributed by atoms with Gasteiger partial charge >= 0.3 is 0 Å². The maximum absolute atomic E-state index is 13.4. The second-order valence-electron chi connectivity index (χ2n) is 5.53. The highest BCUT2D eigenvalue weighted by molar-refractivity contribution is 5.23. The minimum absolute atomic E-state index is 0.115. The van der Waals surface area contributed by atoms with E-state index in [1.54, 1.807) is 13.0 Å². The summed E-state index contributed by atoms with van der Waals surface area (Å²) in [6, 6.07) is 5.91. The number of nitrogens with one attached hydrogen (secondary N) is 1. The Morgan fingerprint density at radius 3 is 2.89 bits per heavy atom. The van der Waals surface area contributed by atoms with Gasteiger partial charge in [-0.25, -0.2) is 4.39 Å². The molecule has 2 fully saturated rings. The van der Waals surface area contributed by atoms with Gasteiger partial charge in [-0.15, -0.1) is 0 Å². The predicted octanol–water partition coefficient (Wildman–Crippen LogP) is 2.79. The van der Waals surface area contributed by atoms with Crippen LogP contribution < -0.4 is 5.32 Å². The molecule has 0 bridgehead atoms. The molecule has 18 heavy (non-hydrogen) atoms. The quantitative estimate of drug-likeness (QED) is 0.886. The monoisotopic (exact) mass is 249 g/mol. The molecule has 0 aromatic heterocycles. The lowest BCUT2D eigenvalue weighted by Gasteiger charge is -2.19. The van der Waals surface area contributed by atoms with Gasteiger partial charge in [-0.2, -0.15) is 0 Å². The Morgan fingerprint density at radius 2 is 2.17 bits per heavy atom. The summed E-state index contributed by atoms with van der Waals surface area (Å²) in [6.45, 7) is 3.38. The first-order valence-electron chi connectivity index (χ1n) is 6.84. The summed E-state index contributed by atoms with van der Waals surface area (Å²) < 4.78 is 19.2. The molecule has 3 heteroatoms. The van der Waals surface area contributed by atoms with Crippen LogP contribution in [0.1, 0.15) is 30.4 Å². The Bertz CT molecular complexity index is 431. The van der Waals surface area contributed by atoms with Gasteiger partial charge in [-0.1, -0.05) is 12.1 Å². The molecule has 1 saturated carbocycles. The average Bonchev–Trinajstić information content (AvgIpc) is 3.10. The molecule has 1 saturated heterocycles. The third-order valence-corrected chi connectivity index (χ3v) is 4.03. The summed E-state index contributed by atoms with van der Waals surface area (Å²) in [5.41, 5.74) is 1.72. The van der Waals surface area contributed by atoms with Gasteiger partial charge < -0.3 is 10.1 Å². The third-order valence-electron chi connectivity index (χ3n) is 4.03. The van der Waals surface area contributed by atoms with Crippen LogP contribution in [0.5, 0.6) is 0 Å². The number of hydrogen-bond donors (Lipinski definition) is 1. The Morgan fingerprint density at radius 1 is 1.33 bits per heavy atom. The molecule has 1 aromatic rings. The molecule has 1 aliphatic carbocycles. The van der Waals surface area contributed by atoms with E-state index in [0.29, 0.717) is 17.7 Å². The predicted molar refractivity (Wildman–Crippen MR) is 68.8 cm³/mol. The van der Waals surface area contributed by atoms with Crippen LogP contribution >= 0.6 is 0 Å². The van der Waals surface area contributed by atoms with Gasteiger partial charge in [0.25, 0.3) is 0 Å². The van der Waals surface area contributed by atoms with Gasteiger partial charge in [0, 0.05) is 19.2 Å². The second kappa shape index (κ2) is 4.98. The van der Waals surface area contributed by atoms with Crippen LogP contribution in [0.4, 0.5) is 4.39 Å². The Balaban J connectivity index is 1.58. The zero-order valence-corrected chi connectivity index (χ0v) is 10.8. The van der Waals surface area contributed by atoms with Crippen LogP contribution in [0.15, 0.2) is 18.2 Å². The van der Waals surface area contributed by atoms with E-state index >= 15 is 0 Å². The topological polar surface area (TPSA) is 21.3 Å². The molecule has 1 N–H and O–H groups in total. The highest BCUT2D eigenvalue weighted by Gasteiger charge is 2.40. The van der Waals surface area contributed by atoms with Gasteiger partial charge in [0.2, 0.25) is 0 Å². The standard InChI is InChI=1S/C15H20FNO/c1-10-2-3-11(8-13(10)16)9-17-14-6-7-18-15(14)12-4-5-12/h2-3,8,12,14-15,17H,4-7,9H2,1H3. The van der Waals surface area contributed by atoms with Crippen molar-refractivity contribution in [2.75, 3.05) is 6.61 Å². The highest BCUT2D eigenvalue weighted by Crippen LogP contribution is 2.38. The Labute approximate surface area is 108 Å². The molecule has 2 atom stereocenters. The van der Waals surface area contributed by atoms with Gasteiger partial charge in [-0.3, -0.25) is 0 Å². The minimum atomic E-state index is -0.115. The first-order valence-corrected chi connectivity index (χ1v) is 6.84. The largest absolute Gasteiger partial charge is 0.376 e. The van der Waals surface area contributed by atoms with Gasteiger partial charge in [-0.05, 0) is 49.3 Å². The van der Waals surface area contributed by atoms with E-state index in [9.17, 15) is 4.39 Å². The summed E-state index contributed by atoms with van der Waals surface area (Å²) in [5.74, 6) is 0.649. The molecule has 1 heterocycles. The fraction of sp³-hybridized carbons (Fsp3) is 0.600. The number of benzene rings is 1. The van der Waals surface area contributed by atoms with Gasteiger partial charge in [0.05, 0.1) is 6.10 Å². The molecule has 2 nitrogen and oxygen atoms in total. The van der Waals surface area contributed by atoms with E-state index in [0.717, 1.165) is 31.1 Å². The zero-order valence-electron chi connectivity index (χ0n) is 10.8. The van der Waals surface area contributed by atoms with E-state index in [-0.39, 0.29) is 5.82 Å². The molecule has 3 rings (SSSR count). The molecule has 1 aromatic carbocycles. The van der Waals surface area contributed by atoms with Crippen molar-refractivity contribution in [3.05, 3.63) is 35.1 Å². The van der Waals surface area contributed by atoms with E-state index < -0.39 is 0 Å². The highest BCUT2D eigenvalue weighted by atomic mass is 19.1. The van der Waals surface area contributed by atoms with Crippen molar-refractivity contribution in [3.8, 4) is 0 Å². The van der Waals surface area contributed by atoms with Crippen molar-refractivity contribution in [1.82, 2.24) is 5.32 Å². The molecule has 1 aliphatic heterocycles. The first-order chi connectivity index (χ1) is 8.74. The van der Waals surface area contributed by atoms with Crippen LogP contribution in [0, 0.1) is 18.7 Å². The Kier molecular flexibility index (Phi) is 3.35. The normalized spacial score (nSPS) is 27.7. The van der Waals surface area contributed by atoms with Crippen molar-refractivity contribution < 1.29 is 9.13 Å². The molecule has 2 unspecified atom stereocenters. The summed E-state index contributed by atoms with van der Waals surface area (Å²) >= 11 is 0.